The molecule has 1 rings (SSSR count). The third kappa shape index (κ3) is 1.14. The topological polar surface area (TPSA) is 42.2 Å². The van der Waals surface area contributed by atoms with Crippen LogP contribution in [-0.2, 0) is 7.05 Å². The second kappa shape index (κ2) is 2.34. The molecule has 0 aliphatic heterocycles. The number of rotatable bonds is 1. The van der Waals surface area contributed by atoms with Crippen LogP contribution < -0.4 is 0 Å². The molecule has 0 aliphatic rings. The molecule has 1 N–H and O–H groups in total. The number of hydrogen-bond acceptors (Lipinski definition) is 1. The molecule has 0 radical (unpaired) electrons. The van der Waals surface area contributed by atoms with E-state index in [0.29, 0.717) is 0 Å². The van der Waals surface area contributed by atoms with Gasteiger partial charge in [0.05, 0.1) is 10.6 Å². The maximum absolute atomic E-state index is 10.3. The number of nitrogens with zero attached hydrogens (tertiary/aromatic N) is 1. The predicted octanol–water partition coefficient (Wildman–Crippen LogP) is 1.38. The Kier molecular flexibility index (Phi) is 1.68. The van der Waals surface area contributed by atoms with Crippen LogP contribution in [0.4, 0.5) is 0 Å². The molecule has 0 atom stereocenters. The molecule has 1 aromatic heterocycles. The lowest BCUT2D eigenvalue weighted by atomic mass is 10.3. The van der Waals surface area contributed by atoms with E-state index in [4.69, 9.17) is 16.7 Å². The third-order valence-corrected chi connectivity index (χ3v) is 1.44. The summed E-state index contributed by atoms with van der Waals surface area (Å²) < 4.78 is 1.60. The van der Waals surface area contributed by atoms with Crippen molar-refractivity contribution in [2.24, 2.45) is 7.05 Å². The molecule has 4 heteroatoms. The number of carboxylic acids is 1. The van der Waals surface area contributed by atoms with Gasteiger partial charge in [-0.3, -0.25) is 0 Å². The minimum Gasteiger partial charge on any atom is -0.478 e. The lowest BCUT2D eigenvalue weighted by Crippen LogP contribution is -1.93. The molecule has 0 saturated heterocycles. The highest BCUT2D eigenvalue weighted by molar-refractivity contribution is 6.33. The van der Waals surface area contributed by atoms with Gasteiger partial charge in [-0.1, -0.05) is 11.6 Å². The fourth-order valence-electron chi connectivity index (χ4n) is 0.708. The Balaban J connectivity index is 3.15. The Hall–Kier alpha value is -0.960. The van der Waals surface area contributed by atoms with Gasteiger partial charge in [0.15, 0.2) is 0 Å². The summed E-state index contributed by atoms with van der Waals surface area (Å²) in [5, 5.41) is 8.75. The zero-order valence-electron chi connectivity index (χ0n) is 5.34. The molecule has 1 aromatic rings. The zero-order valence-corrected chi connectivity index (χ0v) is 6.09. The van der Waals surface area contributed by atoms with Crippen molar-refractivity contribution in [1.29, 1.82) is 0 Å². The molecular weight excluding hydrogens is 154 g/mol. The first-order chi connectivity index (χ1) is 4.61. The van der Waals surface area contributed by atoms with E-state index in [9.17, 15) is 4.79 Å². The van der Waals surface area contributed by atoms with Crippen LogP contribution in [0.5, 0.6) is 0 Å². The number of aromatic nitrogens is 1. The van der Waals surface area contributed by atoms with Gasteiger partial charge in [0.1, 0.15) is 0 Å². The average Bonchev–Trinajstić information content (AvgIpc) is 2.10. The van der Waals surface area contributed by atoms with Crippen LogP contribution in [-0.4, -0.2) is 15.6 Å². The summed E-state index contributed by atoms with van der Waals surface area (Å²) in [6.07, 6.45) is 3.01. The van der Waals surface area contributed by atoms with Crippen molar-refractivity contribution in [3.63, 3.8) is 0 Å². The van der Waals surface area contributed by atoms with Gasteiger partial charge in [0.25, 0.3) is 0 Å². The van der Waals surface area contributed by atoms with E-state index in [-0.39, 0.29) is 10.6 Å². The second-order valence-corrected chi connectivity index (χ2v) is 2.40. The van der Waals surface area contributed by atoms with Crippen LogP contribution in [0.1, 0.15) is 10.4 Å². The van der Waals surface area contributed by atoms with Crippen LogP contribution in [0.3, 0.4) is 0 Å². The van der Waals surface area contributed by atoms with Gasteiger partial charge in [0, 0.05) is 19.4 Å². The molecule has 10 heavy (non-hydrogen) atoms. The monoisotopic (exact) mass is 159 g/mol. The maximum atomic E-state index is 10.3. The molecule has 0 aliphatic carbocycles. The molecule has 0 saturated carbocycles. The standard InChI is InChI=1S/C6H6ClNO2/c1-8-2-4(6(9)10)5(7)3-8/h2-3H,1H3,(H,9,10). The van der Waals surface area contributed by atoms with Crippen LogP contribution >= 0.6 is 11.6 Å². The van der Waals surface area contributed by atoms with Gasteiger partial charge in [-0.05, 0) is 0 Å². The highest BCUT2D eigenvalue weighted by Gasteiger charge is 2.09. The van der Waals surface area contributed by atoms with Crippen molar-refractivity contribution in [3.05, 3.63) is 23.0 Å². The Bertz CT molecular complexity index is 267. The summed E-state index contributed by atoms with van der Waals surface area (Å²) in [6.45, 7) is 0. The van der Waals surface area contributed by atoms with Crippen LogP contribution in [0.25, 0.3) is 0 Å². The van der Waals surface area contributed by atoms with Gasteiger partial charge in [-0.15, -0.1) is 0 Å². The number of carbonyl (C=O) groups is 1. The van der Waals surface area contributed by atoms with E-state index in [1.807, 2.05) is 0 Å². The van der Waals surface area contributed by atoms with Gasteiger partial charge >= 0.3 is 5.97 Å². The predicted molar refractivity (Wildman–Crippen MR) is 37.4 cm³/mol. The van der Waals surface area contributed by atoms with Crippen molar-refractivity contribution in [3.8, 4) is 0 Å². The van der Waals surface area contributed by atoms with E-state index in [0.717, 1.165) is 0 Å². The lowest BCUT2D eigenvalue weighted by molar-refractivity contribution is 0.0697. The minimum absolute atomic E-state index is 0.143. The average molecular weight is 160 g/mol. The van der Waals surface area contributed by atoms with Crippen molar-refractivity contribution >= 4 is 17.6 Å². The summed E-state index contributed by atoms with van der Waals surface area (Å²) >= 11 is 5.54. The number of halogens is 1. The maximum Gasteiger partial charge on any atom is 0.338 e. The summed E-state index contributed by atoms with van der Waals surface area (Å²) in [5.41, 5.74) is 0.143. The van der Waals surface area contributed by atoms with Gasteiger partial charge in [-0.25, -0.2) is 4.79 Å². The smallest absolute Gasteiger partial charge is 0.338 e. The molecule has 3 nitrogen and oxygen atoms in total. The second-order valence-electron chi connectivity index (χ2n) is 1.99. The molecule has 0 bridgehead atoms. The summed E-state index contributed by atoms with van der Waals surface area (Å²) in [6, 6.07) is 0. The third-order valence-electron chi connectivity index (χ3n) is 1.14. The molecule has 0 amide bonds. The van der Waals surface area contributed by atoms with Gasteiger partial charge < -0.3 is 9.67 Å². The summed E-state index contributed by atoms with van der Waals surface area (Å²) in [7, 11) is 1.72. The molecule has 0 fully saturated rings. The summed E-state index contributed by atoms with van der Waals surface area (Å²) in [5.74, 6) is -0.995. The largest absolute Gasteiger partial charge is 0.478 e. The summed E-state index contributed by atoms with van der Waals surface area (Å²) in [4.78, 5) is 10.3. The fraction of sp³-hybridized carbons (Fsp3) is 0.167. The van der Waals surface area contributed by atoms with Crippen molar-refractivity contribution < 1.29 is 9.90 Å². The van der Waals surface area contributed by atoms with Crippen LogP contribution in [0, 0.1) is 0 Å². The van der Waals surface area contributed by atoms with Crippen molar-refractivity contribution in [2.45, 2.75) is 0 Å². The zero-order chi connectivity index (χ0) is 7.72. The van der Waals surface area contributed by atoms with E-state index < -0.39 is 5.97 Å². The minimum atomic E-state index is -0.995. The highest BCUT2D eigenvalue weighted by Crippen LogP contribution is 2.15. The molecule has 1 heterocycles. The quantitative estimate of drug-likeness (QED) is 0.673. The Labute approximate surface area is 62.8 Å². The Morgan fingerprint density at radius 3 is 2.50 bits per heavy atom. The van der Waals surface area contributed by atoms with Gasteiger partial charge in [-0.2, -0.15) is 0 Å². The molecular formula is C6H6ClNO2. The van der Waals surface area contributed by atoms with E-state index in [1.54, 1.807) is 17.8 Å². The van der Waals surface area contributed by atoms with E-state index in [2.05, 4.69) is 0 Å². The number of aryl methyl sites for hydroxylation is 1. The van der Waals surface area contributed by atoms with Gasteiger partial charge in [0.2, 0.25) is 0 Å². The Morgan fingerprint density at radius 1 is 1.70 bits per heavy atom. The van der Waals surface area contributed by atoms with Crippen LogP contribution in [0.15, 0.2) is 12.4 Å². The number of aromatic carboxylic acids is 1. The van der Waals surface area contributed by atoms with E-state index in [1.165, 1.54) is 6.20 Å². The first-order valence-electron chi connectivity index (χ1n) is 2.66. The normalized spacial score (nSPS) is 9.80. The van der Waals surface area contributed by atoms with Crippen molar-refractivity contribution in [1.82, 2.24) is 4.57 Å². The van der Waals surface area contributed by atoms with E-state index >= 15 is 0 Å². The van der Waals surface area contributed by atoms with Crippen LogP contribution in [0.2, 0.25) is 5.02 Å². The Morgan fingerprint density at radius 2 is 2.30 bits per heavy atom. The first-order valence-corrected chi connectivity index (χ1v) is 3.04. The lowest BCUT2D eigenvalue weighted by Gasteiger charge is -1.84. The molecule has 54 valence electrons. The highest BCUT2D eigenvalue weighted by atomic mass is 35.5. The van der Waals surface area contributed by atoms with Crippen molar-refractivity contribution in [2.75, 3.05) is 0 Å². The molecule has 0 spiro atoms. The number of carboxylic acid groups (broad SMARTS) is 1. The fourth-order valence-corrected chi connectivity index (χ4v) is 0.992. The molecule has 0 aromatic carbocycles. The SMILES string of the molecule is Cn1cc(Cl)c(C(=O)O)c1. The first kappa shape index (κ1) is 7.15. The number of hydrogen-bond donors (Lipinski definition) is 1. The molecule has 0 unspecified atom stereocenters.